The predicted octanol–water partition coefficient (Wildman–Crippen LogP) is 2.26. The summed E-state index contributed by atoms with van der Waals surface area (Å²) in [4.78, 5) is 28.2. The van der Waals surface area contributed by atoms with E-state index in [1.807, 2.05) is 36.2 Å². The second-order valence-corrected chi connectivity index (χ2v) is 7.65. The Morgan fingerprint density at radius 2 is 1.62 bits per heavy atom. The van der Waals surface area contributed by atoms with E-state index >= 15 is 0 Å². The number of nitrogens with zero attached hydrogens (tertiary/aromatic N) is 2. The van der Waals surface area contributed by atoms with E-state index in [1.165, 1.54) is 0 Å². The van der Waals surface area contributed by atoms with Crippen molar-refractivity contribution in [3.05, 3.63) is 35.4 Å². The van der Waals surface area contributed by atoms with Gasteiger partial charge in [0.2, 0.25) is 0 Å². The lowest BCUT2D eigenvalue weighted by molar-refractivity contribution is -0.143. The molecule has 132 valence electrons. The number of carboxylic acid groups (broad SMARTS) is 1. The molecule has 1 saturated heterocycles. The molecule has 0 radical (unpaired) electrons. The number of carboxylic acids is 1. The van der Waals surface area contributed by atoms with Crippen LogP contribution in [0.1, 0.15) is 43.1 Å². The van der Waals surface area contributed by atoms with Crippen LogP contribution in [0.2, 0.25) is 0 Å². The van der Waals surface area contributed by atoms with Crippen molar-refractivity contribution in [2.24, 2.45) is 0 Å². The molecule has 0 spiro atoms. The highest BCUT2D eigenvalue weighted by atomic mass is 16.4. The maximum Gasteiger partial charge on any atom is 0.321 e. The Labute approximate surface area is 144 Å². The van der Waals surface area contributed by atoms with Gasteiger partial charge in [-0.3, -0.25) is 14.5 Å². The van der Waals surface area contributed by atoms with E-state index in [2.05, 4.69) is 25.7 Å². The first-order chi connectivity index (χ1) is 11.2. The number of hydrogen-bond donors (Lipinski definition) is 1. The molecule has 5 heteroatoms. The summed E-state index contributed by atoms with van der Waals surface area (Å²) in [5.41, 5.74) is 1.78. The standard InChI is InChI=1S/C19H28N2O3/c1-19(2,3)15-7-5-14(6-8-15)17(22)13-16(18(23)24)21-11-9-20(4)10-12-21/h5-8,16H,9-13H2,1-4H3,(H,23,24)/t16-/m1/s1. The number of carbonyl (C=O) groups excluding carboxylic acids is 1. The first-order valence-electron chi connectivity index (χ1n) is 8.47. The van der Waals surface area contributed by atoms with Crippen molar-refractivity contribution < 1.29 is 14.7 Å². The van der Waals surface area contributed by atoms with Crippen LogP contribution < -0.4 is 0 Å². The molecule has 1 aliphatic heterocycles. The molecule has 1 aromatic carbocycles. The van der Waals surface area contributed by atoms with E-state index in [-0.39, 0.29) is 17.6 Å². The number of aliphatic carboxylic acids is 1. The van der Waals surface area contributed by atoms with Crippen LogP contribution in [0.25, 0.3) is 0 Å². The van der Waals surface area contributed by atoms with Gasteiger partial charge in [0.1, 0.15) is 6.04 Å². The second kappa shape index (κ2) is 7.45. The molecule has 0 aliphatic carbocycles. The zero-order chi connectivity index (χ0) is 17.9. The molecule has 1 heterocycles. The SMILES string of the molecule is CN1CCN([C@H](CC(=O)c2ccc(C(C)(C)C)cc2)C(=O)O)CC1. The number of rotatable bonds is 5. The molecular formula is C19H28N2O3. The van der Waals surface area contributed by atoms with Crippen molar-refractivity contribution >= 4 is 11.8 Å². The van der Waals surface area contributed by atoms with Crippen LogP contribution in [0.3, 0.4) is 0 Å². The van der Waals surface area contributed by atoms with Crippen LogP contribution in [0.5, 0.6) is 0 Å². The predicted molar refractivity (Wildman–Crippen MR) is 94.6 cm³/mol. The fraction of sp³-hybridized carbons (Fsp3) is 0.579. The Balaban J connectivity index is 2.06. The molecule has 0 amide bonds. The lowest BCUT2D eigenvalue weighted by Gasteiger charge is -2.35. The van der Waals surface area contributed by atoms with Crippen LogP contribution in [-0.4, -0.2) is 65.9 Å². The van der Waals surface area contributed by atoms with Crippen LogP contribution in [0.15, 0.2) is 24.3 Å². The third-order valence-electron chi connectivity index (χ3n) is 4.72. The van der Waals surface area contributed by atoms with Gasteiger partial charge < -0.3 is 10.0 Å². The highest BCUT2D eigenvalue weighted by molar-refractivity contribution is 5.98. The molecular weight excluding hydrogens is 304 g/mol. The Kier molecular flexibility index (Phi) is 5.78. The van der Waals surface area contributed by atoms with E-state index in [4.69, 9.17) is 0 Å². The van der Waals surface area contributed by atoms with Gasteiger partial charge in [-0.25, -0.2) is 0 Å². The minimum absolute atomic E-state index is 0.0217. The summed E-state index contributed by atoms with van der Waals surface area (Å²) >= 11 is 0. The number of ketones is 1. The number of hydrogen-bond acceptors (Lipinski definition) is 4. The maximum absolute atomic E-state index is 12.5. The van der Waals surface area contributed by atoms with E-state index in [0.717, 1.165) is 18.7 Å². The molecule has 1 N–H and O–H groups in total. The molecule has 1 atom stereocenters. The second-order valence-electron chi connectivity index (χ2n) is 7.65. The molecule has 5 nitrogen and oxygen atoms in total. The zero-order valence-corrected chi connectivity index (χ0v) is 15.1. The number of benzene rings is 1. The minimum Gasteiger partial charge on any atom is -0.480 e. The summed E-state index contributed by atoms with van der Waals surface area (Å²) in [6, 6.07) is 6.79. The van der Waals surface area contributed by atoms with Crippen LogP contribution in [0.4, 0.5) is 0 Å². The third kappa shape index (κ3) is 4.65. The Morgan fingerprint density at radius 1 is 1.08 bits per heavy atom. The summed E-state index contributed by atoms with van der Waals surface area (Å²) in [7, 11) is 2.02. The van der Waals surface area contributed by atoms with Gasteiger partial charge in [-0.15, -0.1) is 0 Å². The fourth-order valence-electron chi connectivity index (χ4n) is 2.96. The van der Waals surface area contributed by atoms with Gasteiger partial charge in [0.25, 0.3) is 0 Å². The minimum atomic E-state index is -0.917. The highest BCUT2D eigenvalue weighted by Gasteiger charge is 2.30. The van der Waals surface area contributed by atoms with Gasteiger partial charge in [-0.05, 0) is 18.0 Å². The van der Waals surface area contributed by atoms with E-state index < -0.39 is 12.0 Å². The Hall–Kier alpha value is -1.72. The van der Waals surface area contributed by atoms with Crippen LogP contribution >= 0.6 is 0 Å². The smallest absolute Gasteiger partial charge is 0.321 e. The molecule has 24 heavy (non-hydrogen) atoms. The maximum atomic E-state index is 12.5. The van der Waals surface area contributed by atoms with Crippen LogP contribution in [0, 0.1) is 0 Å². The largest absolute Gasteiger partial charge is 0.480 e. The topological polar surface area (TPSA) is 60.9 Å². The van der Waals surface area contributed by atoms with Gasteiger partial charge in [-0.2, -0.15) is 0 Å². The first-order valence-corrected chi connectivity index (χ1v) is 8.47. The molecule has 1 fully saturated rings. The van der Waals surface area contributed by atoms with Gasteiger partial charge in [-0.1, -0.05) is 45.0 Å². The summed E-state index contributed by atoms with van der Waals surface area (Å²) in [6.07, 6.45) is 0.0217. The molecule has 0 bridgehead atoms. The summed E-state index contributed by atoms with van der Waals surface area (Å²) in [5.74, 6) is -1.03. The highest BCUT2D eigenvalue weighted by Crippen LogP contribution is 2.23. The van der Waals surface area contributed by atoms with E-state index in [1.54, 1.807) is 0 Å². The number of Topliss-reactive ketones (excluding diaryl/α,β-unsaturated/α-hetero) is 1. The van der Waals surface area contributed by atoms with E-state index in [9.17, 15) is 14.7 Å². The van der Waals surface area contributed by atoms with Crippen molar-refractivity contribution in [1.29, 1.82) is 0 Å². The van der Waals surface area contributed by atoms with Crippen molar-refractivity contribution in [2.75, 3.05) is 33.2 Å². The number of likely N-dealkylation sites (N-methyl/N-ethyl adjacent to an activating group) is 1. The van der Waals surface area contributed by atoms with Crippen LogP contribution in [-0.2, 0) is 10.2 Å². The monoisotopic (exact) mass is 332 g/mol. The zero-order valence-electron chi connectivity index (χ0n) is 15.1. The molecule has 2 rings (SSSR count). The van der Waals surface area contributed by atoms with Gasteiger partial charge in [0.15, 0.2) is 5.78 Å². The lowest BCUT2D eigenvalue weighted by atomic mass is 9.86. The molecule has 1 aromatic rings. The van der Waals surface area contributed by atoms with E-state index in [0.29, 0.717) is 18.7 Å². The molecule has 0 saturated carbocycles. The summed E-state index contributed by atoms with van der Waals surface area (Å²) < 4.78 is 0. The van der Waals surface area contributed by atoms with Crippen molar-refractivity contribution in [2.45, 2.75) is 38.6 Å². The normalized spacial score (nSPS) is 18.3. The van der Waals surface area contributed by atoms with Crippen molar-refractivity contribution in [3.8, 4) is 0 Å². The molecule has 0 unspecified atom stereocenters. The van der Waals surface area contributed by atoms with Crippen molar-refractivity contribution in [1.82, 2.24) is 9.80 Å². The number of carbonyl (C=O) groups is 2. The Bertz CT molecular complexity index is 582. The summed E-state index contributed by atoms with van der Waals surface area (Å²) in [6.45, 7) is 9.40. The summed E-state index contributed by atoms with van der Waals surface area (Å²) in [5, 5.41) is 9.53. The van der Waals surface area contributed by atoms with Gasteiger partial charge in [0.05, 0.1) is 0 Å². The lowest BCUT2D eigenvalue weighted by Crippen LogP contribution is -2.52. The average molecular weight is 332 g/mol. The van der Waals surface area contributed by atoms with Gasteiger partial charge >= 0.3 is 5.97 Å². The third-order valence-corrected chi connectivity index (χ3v) is 4.72. The number of piperazine rings is 1. The van der Waals surface area contributed by atoms with Crippen molar-refractivity contribution in [3.63, 3.8) is 0 Å². The fourth-order valence-corrected chi connectivity index (χ4v) is 2.96. The quantitative estimate of drug-likeness (QED) is 0.838. The Morgan fingerprint density at radius 3 is 2.08 bits per heavy atom. The molecule has 0 aromatic heterocycles. The van der Waals surface area contributed by atoms with Gasteiger partial charge in [0, 0.05) is 38.2 Å². The average Bonchev–Trinajstić information content (AvgIpc) is 2.52. The first kappa shape index (κ1) is 18.6. The molecule has 1 aliphatic rings.